The maximum atomic E-state index is 13.1. The van der Waals surface area contributed by atoms with Gasteiger partial charge in [0.2, 0.25) is 0 Å². The quantitative estimate of drug-likeness (QED) is 0.875. The Balaban J connectivity index is 2.17. The lowest BCUT2D eigenvalue weighted by molar-refractivity contribution is 0.220. The first kappa shape index (κ1) is 13.8. The fourth-order valence-electron chi connectivity index (χ4n) is 2.18. The largest absolute Gasteiger partial charge is 0.384 e. The van der Waals surface area contributed by atoms with Crippen molar-refractivity contribution in [2.45, 2.75) is 26.4 Å². The number of aliphatic hydroxyl groups is 1. The highest BCUT2D eigenvalue weighted by molar-refractivity contribution is 5.32. The van der Waals surface area contributed by atoms with Crippen molar-refractivity contribution in [3.63, 3.8) is 0 Å². The lowest BCUT2D eigenvalue weighted by Gasteiger charge is -2.13. The zero-order valence-corrected chi connectivity index (χ0v) is 11.3. The molecule has 2 rings (SSSR count). The molecule has 1 unspecified atom stereocenters. The normalized spacial score (nSPS) is 12.7. The summed E-state index contributed by atoms with van der Waals surface area (Å²) in [7, 11) is 0. The molecule has 0 aliphatic carbocycles. The summed E-state index contributed by atoms with van der Waals surface area (Å²) >= 11 is 0. The molecule has 1 atom stereocenters. The van der Waals surface area contributed by atoms with Gasteiger partial charge in [0, 0.05) is 0 Å². The van der Waals surface area contributed by atoms with Gasteiger partial charge < -0.3 is 5.11 Å². The van der Waals surface area contributed by atoms with Gasteiger partial charge in [0.05, 0.1) is 0 Å². The van der Waals surface area contributed by atoms with Crippen molar-refractivity contribution < 1.29 is 9.50 Å². The molecule has 0 saturated heterocycles. The van der Waals surface area contributed by atoms with Gasteiger partial charge in [-0.25, -0.2) is 4.39 Å². The zero-order chi connectivity index (χ0) is 13.8. The van der Waals surface area contributed by atoms with Gasteiger partial charge in [-0.2, -0.15) is 0 Å². The molecule has 2 heteroatoms. The van der Waals surface area contributed by atoms with Crippen LogP contribution in [0, 0.1) is 11.7 Å². The maximum absolute atomic E-state index is 13.1. The van der Waals surface area contributed by atoms with E-state index in [1.54, 1.807) is 12.1 Å². The van der Waals surface area contributed by atoms with Crippen molar-refractivity contribution in [1.82, 2.24) is 0 Å². The molecule has 19 heavy (non-hydrogen) atoms. The van der Waals surface area contributed by atoms with Crippen LogP contribution in [-0.2, 0) is 6.42 Å². The molecular weight excluding hydrogens is 239 g/mol. The van der Waals surface area contributed by atoms with Gasteiger partial charge >= 0.3 is 0 Å². The van der Waals surface area contributed by atoms with Crippen molar-refractivity contribution in [2.24, 2.45) is 5.92 Å². The summed E-state index contributed by atoms with van der Waals surface area (Å²) in [5.74, 6) is 0.284. The molecule has 1 N–H and O–H groups in total. The van der Waals surface area contributed by atoms with Crippen molar-refractivity contribution in [2.75, 3.05) is 0 Å². The first-order valence-electron chi connectivity index (χ1n) is 6.58. The molecule has 0 amide bonds. The van der Waals surface area contributed by atoms with Crippen molar-refractivity contribution in [1.29, 1.82) is 0 Å². The summed E-state index contributed by atoms with van der Waals surface area (Å²) in [4.78, 5) is 0. The van der Waals surface area contributed by atoms with E-state index in [2.05, 4.69) is 13.8 Å². The second kappa shape index (κ2) is 5.98. The third kappa shape index (κ3) is 3.65. The summed E-state index contributed by atoms with van der Waals surface area (Å²) in [6.45, 7) is 4.35. The summed E-state index contributed by atoms with van der Waals surface area (Å²) in [6.07, 6.45) is 0.250. The van der Waals surface area contributed by atoms with E-state index < -0.39 is 6.10 Å². The van der Waals surface area contributed by atoms with E-state index in [9.17, 15) is 9.50 Å². The van der Waals surface area contributed by atoms with Gasteiger partial charge in [0.15, 0.2) is 0 Å². The van der Waals surface area contributed by atoms with Crippen LogP contribution in [0.3, 0.4) is 0 Å². The molecule has 1 nitrogen and oxygen atoms in total. The summed E-state index contributed by atoms with van der Waals surface area (Å²) in [5, 5.41) is 10.2. The maximum Gasteiger partial charge on any atom is 0.123 e. The number of hydrogen-bond acceptors (Lipinski definition) is 1. The first-order chi connectivity index (χ1) is 9.06. The minimum absolute atomic E-state index is 0.326. The number of aliphatic hydroxyl groups excluding tert-OH is 1. The molecule has 0 radical (unpaired) electrons. The van der Waals surface area contributed by atoms with E-state index >= 15 is 0 Å². The fraction of sp³-hybridized carbons (Fsp3) is 0.294. The van der Waals surface area contributed by atoms with Crippen LogP contribution in [0.5, 0.6) is 0 Å². The van der Waals surface area contributed by atoms with Gasteiger partial charge in [0.25, 0.3) is 0 Å². The molecule has 0 aromatic heterocycles. The second-order valence-electron chi connectivity index (χ2n) is 5.30. The van der Waals surface area contributed by atoms with Crippen LogP contribution in [0.15, 0.2) is 48.5 Å². The summed E-state index contributed by atoms with van der Waals surface area (Å²) in [6, 6.07) is 14.0. The molecule has 0 saturated carbocycles. The number of hydrogen-bond donors (Lipinski definition) is 1. The second-order valence-corrected chi connectivity index (χ2v) is 5.30. The minimum Gasteiger partial charge on any atom is -0.384 e. The molecule has 0 heterocycles. The van der Waals surface area contributed by atoms with Gasteiger partial charge in [-0.05, 0) is 41.2 Å². The van der Waals surface area contributed by atoms with Crippen LogP contribution in [0.25, 0.3) is 0 Å². The molecule has 100 valence electrons. The van der Waals surface area contributed by atoms with Crippen molar-refractivity contribution in [3.05, 3.63) is 71.0 Å². The van der Waals surface area contributed by atoms with Crippen LogP contribution in [-0.4, -0.2) is 5.11 Å². The lowest BCUT2D eigenvalue weighted by atomic mass is 9.97. The van der Waals surface area contributed by atoms with Crippen LogP contribution in [0.4, 0.5) is 4.39 Å². The van der Waals surface area contributed by atoms with Crippen molar-refractivity contribution in [3.8, 4) is 0 Å². The van der Waals surface area contributed by atoms with Crippen LogP contribution >= 0.6 is 0 Å². The first-order valence-corrected chi connectivity index (χ1v) is 6.58. The average molecular weight is 258 g/mol. The molecule has 2 aromatic rings. The van der Waals surface area contributed by atoms with Gasteiger partial charge in [-0.1, -0.05) is 50.2 Å². The minimum atomic E-state index is -0.774. The Hall–Kier alpha value is -1.67. The highest BCUT2D eigenvalue weighted by atomic mass is 19.1. The van der Waals surface area contributed by atoms with E-state index in [0.717, 1.165) is 12.0 Å². The Bertz CT molecular complexity index is 531. The van der Waals surface area contributed by atoms with E-state index in [1.165, 1.54) is 17.7 Å². The van der Waals surface area contributed by atoms with Crippen molar-refractivity contribution >= 4 is 0 Å². The third-order valence-electron chi connectivity index (χ3n) is 3.10. The molecule has 0 fully saturated rings. The Kier molecular flexibility index (Phi) is 4.33. The van der Waals surface area contributed by atoms with Crippen LogP contribution in [0.2, 0.25) is 0 Å². The lowest BCUT2D eigenvalue weighted by Crippen LogP contribution is -2.01. The molecule has 0 aliphatic rings. The summed E-state index contributed by atoms with van der Waals surface area (Å²) in [5.41, 5.74) is 2.62. The number of halogens is 1. The Labute approximate surface area is 113 Å². The molecule has 0 bridgehead atoms. The Morgan fingerprint density at radius 1 is 1.00 bits per heavy atom. The third-order valence-corrected chi connectivity index (χ3v) is 3.10. The molecule has 0 aliphatic heterocycles. The topological polar surface area (TPSA) is 20.2 Å². The number of rotatable bonds is 4. The van der Waals surface area contributed by atoms with Gasteiger partial charge in [0.1, 0.15) is 11.9 Å². The van der Waals surface area contributed by atoms with Gasteiger partial charge in [-0.3, -0.25) is 0 Å². The molecular formula is C17H19FO. The molecule has 0 spiro atoms. The Morgan fingerprint density at radius 3 is 2.26 bits per heavy atom. The number of benzene rings is 2. The predicted octanol–water partition coefficient (Wildman–Crippen LogP) is 4.11. The monoisotopic (exact) mass is 258 g/mol. The highest BCUT2D eigenvalue weighted by Crippen LogP contribution is 2.23. The predicted molar refractivity (Wildman–Crippen MR) is 75.4 cm³/mol. The highest BCUT2D eigenvalue weighted by Gasteiger charge is 2.11. The van der Waals surface area contributed by atoms with E-state index in [0.29, 0.717) is 11.5 Å². The van der Waals surface area contributed by atoms with E-state index in [4.69, 9.17) is 0 Å². The average Bonchev–Trinajstić information content (AvgIpc) is 2.38. The standard InChI is InChI=1S/C17H19FO/c1-12(2)10-13-6-8-14(9-7-13)17(19)15-4-3-5-16(18)11-15/h3-9,11-12,17,19H,10H2,1-2H3. The van der Waals surface area contributed by atoms with Crippen LogP contribution < -0.4 is 0 Å². The van der Waals surface area contributed by atoms with Gasteiger partial charge in [-0.15, -0.1) is 0 Å². The zero-order valence-electron chi connectivity index (χ0n) is 11.3. The Morgan fingerprint density at radius 2 is 1.68 bits per heavy atom. The SMILES string of the molecule is CC(C)Cc1ccc(C(O)c2cccc(F)c2)cc1. The van der Waals surface area contributed by atoms with E-state index in [1.807, 2.05) is 24.3 Å². The smallest absolute Gasteiger partial charge is 0.123 e. The van der Waals surface area contributed by atoms with Crippen LogP contribution in [0.1, 0.15) is 36.6 Å². The fourth-order valence-corrected chi connectivity index (χ4v) is 2.18. The van der Waals surface area contributed by atoms with E-state index in [-0.39, 0.29) is 5.82 Å². The molecule has 2 aromatic carbocycles. The summed E-state index contributed by atoms with van der Waals surface area (Å²) < 4.78 is 13.1.